The van der Waals surface area contributed by atoms with Crippen LogP contribution in [0.25, 0.3) is 0 Å². The van der Waals surface area contributed by atoms with Gasteiger partial charge in [-0.1, -0.05) is 6.07 Å². The molecule has 1 aromatic carbocycles. The van der Waals surface area contributed by atoms with Crippen molar-refractivity contribution in [3.63, 3.8) is 0 Å². The highest BCUT2D eigenvalue weighted by molar-refractivity contribution is 7.11. The number of halogens is 1. The van der Waals surface area contributed by atoms with Crippen molar-refractivity contribution in [2.75, 3.05) is 11.9 Å². The maximum Gasteiger partial charge on any atom is 0.313 e. The summed E-state index contributed by atoms with van der Waals surface area (Å²) < 4.78 is 13.0. The van der Waals surface area contributed by atoms with Gasteiger partial charge in [0.15, 0.2) is 0 Å². The first-order valence-electron chi connectivity index (χ1n) is 7.94. The van der Waals surface area contributed by atoms with Crippen LogP contribution in [0.1, 0.15) is 28.4 Å². The predicted molar refractivity (Wildman–Crippen MR) is 90.5 cm³/mol. The second kappa shape index (κ2) is 7.53. The van der Waals surface area contributed by atoms with Gasteiger partial charge < -0.3 is 10.6 Å². The number of hydrogen-bond acceptors (Lipinski definition) is 4. The third-order valence-corrected chi connectivity index (χ3v) is 5.02. The molecule has 7 heteroatoms. The van der Waals surface area contributed by atoms with Gasteiger partial charge in [0.05, 0.1) is 10.7 Å². The van der Waals surface area contributed by atoms with Crippen LogP contribution in [0.2, 0.25) is 0 Å². The van der Waals surface area contributed by atoms with Gasteiger partial charge >= 0.3 is 11.8 Å². The summed E-state index contributed by atoms with van der Waals surface area (Å²) in [5.74, 6) is -2.01. The number of carbonyl (C=O) groups excluding carboxylic acids is 2. The fourth-order valence-corrected chi connectivity index (χ4v) is 3.79. The van der Waals surface area contributed by atoms with Crippen molar-refractivity contribution in [3.8, 4) is 0 Å². The summed E-state index contributed by atoms with van der Waals surface area (Å²) in [6, 6.07) is 5.41. The van der Waals surface area contributed by atoms with Crippen LogP contribution in [0.4, 0.5) is 10.1 Å². The molecule has 126 valence electrons. The van der Waals surface area contributed by atoms with E-state index < -0.39 is 17.6 Å². The molecule has 0 spiro atoms. The maximum atomic E-state index is 13.0. The van der Waals surface area contributed by atoms with Crippen LogP contribution in [0.5, 0.6) is 0 Å². The third-order valence-electron chi connectivity index (χ3n) is 3.80. The van der Waals surface area contributed by atoms with Crippen LogP contribution >= 0.6 is 11.3 Å². The number of amides is 2. The minimum Gasteiger partial charge on any atom is -0.347 e. The van der Waals surface area contributed by atoms with Gasteiger partial charge in [0.25, 0.3) is 0 Å². The number of fused-ring (bicyclic) bond motifs is 1. The number of aryl methyl sites for hydroxylation is 2. The predicted octanol–water partition coefficient (Wildman–Crippen LogP) is 2.46. The van der Waals surface area contributed by atoms with E-state index in [1.807, 2.05) is 0 Å². The summed E-state index contributed by atoms with van der Waals surface area (Å²) in [6.07, 6.45) is 5.14. The molecule has 0 bridgehead atoms. The van der Waals surface area contributed by atoms with Gasteiger partial charge in [0.1, 0.15) is 5.82 Å². The first kappa shape index (κ1) is 16.6. The Balaban J connectivity index is 1.46. The Bertz CT molecular complexity index is 737. The topological polar surface area (TPSA) is 71.1 Å². The lowest BCUT2D eigenvalue weighted by Gasteiger charge is -2.06. The molecular formula is C17H18FN3O2S. The van der Waals surface area contributed by atoms with Gasteiger partial charge in [0, 0.05) is 23.5 Å². The second-order valence-corrected chi connectivity index (χ2v) is 6.82. The molecule has 0 aliphatic heterocycles. The Hall–Kier alpha value is -2.28. The highest BCUT2D eigenvalue weighted by atomic mass is 32.1. The Morgan fingerprint density at radius 1 is 1.21 bits per heavy atom. The van der Waals surface area contributed by atoms with Crippen LogP contribution < -0.4 is 10.6 Å². The normalized spacial score (nSPS) is 13.2. The van der Waals surface area contributed by atoms with Gasteiger partial charge in [-0.25, -0.2) is 9.37 Å². The Morgan fingerprint density at radius 2 is 2.04 bits per heavy atom. The summed E-state index contributed by atoms with van der Waals surface area (Å²) >= 11 is 1.69. The fraction of sp³-hybridized carbons (Fsp3) is 0.353. The molecule has 1 aliphatic rings. The summed E-state index contributed by atoms with van der Waals surface area (Å²) in [7, 11) is 0. The van der Waals surface area contributed by atoms with E-state index in [2.05, 4.69) is 15.6 Å². The maximum absolute atomic E-state index is 13.0. The highest BCUT2D eigenvalue weighted by Gasteiger charge is 2.16. The molecule has 1 heterocycles. The van der Waals surface area contributed by atoms with Gasteiger partial charge in [-0.3, -0.25) is 9.59 Å². The quantitative estimate of drug-likeness (QED) is 0.835. The number of hydrogen-bond donors (Lipinski definition) is 2. The van der Waals surface area contributed by atoms with Crippen molar-refractivity contribution in [2.24, 2.45) is 0 Å². The average molecular weight is 347 g/mol. The van der Waals surface area contributed by atoms with Gasteiger partial charge in [-0.2, -0.15) is 0 Å². The van der Waals surface area contributed by atoms with E-state index in [-0.39, 0.29) is 5.69 Å². The molecule has 0 unspecified atom stereocenters. The van der Waals surface area contributed by atoms with Crippen molar-refractivity contribution in [2.45, 2.75) is 32.1 Å². The van der Waals surface area contributed by atoms with E-state index in [1.165, 1.54) is 41.6 Å². The van der Waals surface area contributed by atoms with Crippen LogP contribution in [0.3, 0.4) is 0 Å². The SMILES string of the molecule is O=C(NCCc1nc2c(s1)CCCC2)C(=O)Nc1cccc(F)c1. The van der Waals surface area contributed by atoms with E-state index in [4.69, 9.17) is 0 Å². The summed E-state index contributed by atoms with van der Waals surface area (Å²) in [5.41, 5.74) is 1.44. The van der Waals surface area contributed by atoms with E-state index >= 15 is 0 Å². The molecule has 1 aromatic heterocycles. The van der Waals surface area contributed by atoms with E-state index in [9.17, 15) is 14.0 Å². The van der Waals surface area contributed by atoms with Crippen molar-refractivity contribution in [3.05, 3.63) is 45.7 Å². The minimum atomic E-state index is -0.806. The van der Waals surface area contributed by atoms with Gasteiger partial charge in [-0.15, -0.1) is 11.3 Å². The van der Waals surface area contributed by atoms with Crippen LogP contribution in [0.15, 0.2) is 24.3 Å². The molecule has 0 saturated carbocycles. The van der Waals surface area contributed by atoms with Crippen LogP contribution in [-0.4, -0.2) is 23.3 Å². The van der Waals surface area contributed by atoms with Crippen molar-refractivity contribution < 1.29 is 14.0 Å². The molecule has 2 aromatic rings. The summed E-state index contributed by atoms with van der Waals surface area (Å²) in [6.45, 7) is 0.349. The van der Waals surface area contributed by atoms with E-state index in [0.717, 1.165) is 23.9 Å². The number of anilines is 1. The Kier molecular flexibility index (Phi) is 5.20. The lowest BCUT2D eigenvalue weighted by Crippen LogP contribution is -2.36. The van der Waals surface area contributed by atoms with Crippen molar-refractivity contribution in [1.82, 2.24) is 10.3 Å². The number of nitrogens with one attached hydrogen (secondary N) is 2. The first-order chi connectivity index (χ1) is 11.6. The molecule has 0 atom stereocenters. The van der Waals surface area contributed by atoms with E-state index in [0.29, 0.717) is 13.0 Å². The third kappa shape index (κ3) is 4.17. The Labute approximate surface area is 143 Å². The second-order valence-electron chi connectivity index (χ2n) is 5.65. The summed E-state index contributed by atoms with van der Waals surface area (Å²) in [5, 5.41) is 5.93. The van der Waals surface area contributed by atoms with E-state index in [1.54, 1.807) is 11.3 Å². The number of rotatable bonds is 4. The zero-order valence-corrected chi connectivity index (χ0v) is 13.9. The molecule has 0 radical (unpaired) electrons. The molecule has 0 fully saturated rings. The van der Waals surface area contributed by atoms with Gasteiger partial charge in [0.2, 0.25) is 0 Å². The number of thiazole rings is 1. The molecule has 1 aliphatic carbocycles. The molecule has 5 nitrogen and oxygen atoms in total. The Morgan fingerprint density at radius 3 is 2.83 bits per heavy atom. The molecule has 2 amide bonds. The van der Waals surface area contributed by atoms with Crippen molar-refractivity contribution >= 4 is 28.8 Å². The zero-order chi connectivity index (χ0) is 16.9. The number of carbonyl (C=O) groups is 2. The van der Waals surface area contributed by atoms with Gasteiger partial charge in [-0.05, 0) is 43.9 Å². The molecule has 24 heavy (non-hydrogen) atoms. The number of aromatic nitrogens is 1. The summed E-state index contributed by atoms with van der Waals surface area (Å²) in [4.78, 5) is 29.5. The molecule has 3 rings (SSSR count). The molecular weight excluding hydrogens is 329 g/mol. The lowest BCUT2D eigenvalue weighted by atomic mass is 10.0. The highest BCUT2D eigenvalue weighted by Crippen LogP contribution is 2.26. The lowest BCUT2D eigenvalue weighted by molar-refractivity contribution is -0.136. The number of benzene rings is 1. The standard InChI is InChI=1S/C17H18FN3O2S/c18-11-4-3-5-12(10-11)20-17(23)16(22)19-9-8-15-21-13-6-1-2-7-14(13)24-15/h3-5,10H,1-2,6-9H2,(H,19,22)(H,20,23). The number of nitrogens with zero attached hydrogens (tertiary/aromatic N) is 1. The smallest absolute Gasteiger partial charge is 0.313 e. The minimum absolute atomic E-state index is 0.253. The first-order valence-corrected chi connectivity index (χ1v) is 8.75. The van der Waals surface area contributed by atoms with Crippen molar-refractivity contribution in [1.29, 1.82) is 0 Å². The molecule has 0 saturated heterocycles. The molecule has 2 N–H and O–H groups in total. The van der Waals surface area contributed by atoms with Crippen LogP contribution in [-0.2, 0) is 28.9 Å². The monoisotopic (exact) mass is 347 g/mol. The fourth-order valence-electron chi connectivity index (χ4n) is 2.63. The average Bonchev–Trinajstić information content (AvgIpc) is 2.97. The zero-order valence-electron chi connectivity index (χ0n) is 13.1. The van der Waals surface area contributed by atoms with Crippen LogP contribution in [0, 0.1) is 5.82 Å². The largest absolute Gasteiger partial charge is 0.347 e.